The largest absolute Gasteiger partial charge is 0.493 e. The summed E-state index contributed by atoms with van der Waals surface area (Å²) < 4.78 is 5.42. The molecule has 0 spiro atoms. The van der Waals surface area contributed by atoms with E-state index in [9.17, 15) is 0 Å². The van der Waals surface area contributed by atoms with Gasteiger partial charge in [0.1, 0.15) is 5.75 Å². The van der Waals surface area contributed by atoms with Gasteiger partial charge in [-0.05, 0) is 44.2 Å². The number of para-hydroxylation sites is 1. The SMILES string of the molecule is CCCN(CCC)OCC.c1ccc2c(c1)CCCO2. The number of hydrogen-bond donors (Lipinski definition) is 0. The second-order valence-corrected chi connectivity index (χ2v) is 4.91. The average molecular weight is 279 g/mol. The molecule has 3 nitrogen and oxygen atoms in total. The van der Waals surface area contributed by atoms with Crippen molar-refractivity contribution < 1.29 is 9.57 Å². The van der Waals surface area contributed by atoms with Crippen molar-refractivity contribution in [1.29, 1.82) is 0 Å². The van der Waals surface area contributed by atoms with Gasteiger partial charge in [-0.15, -0.1) is 0 Å². The third-order valence-electron chi connectivity index (χ3n) is 3.08. The smallest absolute Gasteiger partial charge is 0.122 e. The van der Waals surface area contributed by atoms with Gasteiger partial charge in [-0.1, -0.05) is 32.0 Å². The van der Waals surface area contributed by atoms with Gasteiger partial charge in [-0.2, -0.15) is 5.06 Å². The van der Waals surface area contributed by atoms with Crippen molar-refractivity contribution in [2.45, 2.75) is 46.5 Å². The fourth-order valence-electron chi connectivity index (χ4n) is 2.22. The molecule has 3 heteroatoms. The first-order valence-corrected chi connectivity index (χ1v) is 7.90. The van der Waals surface area contributed by atoms with E-state index in [4.69, 9.17) is 9.57 Å². The molecular formula is C17H29NO2. The van der Waals surface area contributed by atoms with Gasteiger partial charge in [0.2, 0.25) is 0 Å². The van der Waals surface area contributed by atoms with Gasteiger partial charge < -0.3 is 4.74 Å². The Bertz CT molecular complexity index is 315. The minimum Gasteiger partial charge on any atom is -0.493 e. The fourth-order valence-corrected chi connectivity index (χ4v) is 2.22. The van der Waals surface area contributed by atoms with Crippen molar-refractivity contribution in [2.24, 2.45) is 0 Å². The molecular weight excluding hydrogens is 250 g/mol. The van der Waals surface area contributed by atoms with Gasteiger partial charge in [-0.25, -0.2) is 0 Å². The molecule has 0 aliphatic carbocycles. The van der Waals surface area contributed by atoms with E-state index in [-0.39, 0.29) is 0 Å². The fraction of sp³-hybridized carbons (Fsp3) is 0.647. The number of hydroxylamine groups is 2. The molecule has 2 rings (SSSR count). The van der Waals surface area contributed by atoms with Gasteiger partial charge in [0.05, 0.1) is 13.2 Å². The number of ether oxygens (including phenoxy) is 1. The molecule has 0 saturated carbocycles. The lowest BCUT2D eigenvalue weighted by Gasteiger charge is -2.18. The second kappa shape index (κ2) is 10.7. The van der Waals surface area contributed by atoms with E-state index in [1.165, 1.54) is 24.8 Å². The molecule has 0 saturated heterocycles. The summed E-state index contributed by atoms with van der Waals surface area (Å²) >= 11 is 0. The quantitative estimate of drug-likeness (QED) is 0.733. The maximum absolute atomic E-state index is 5.42. The Hall–Kier alpha value is -1.06. The Morgan fingerprint density at radius 1 is 1.10 bits per heavy atom. The van der Waals surface area contributed by atoms with Gasteiger partial charge >= 0.3 is 0 Å². The average Bonchev–Trinajstić information content (AvgIpc) is 2.49. The Kier molecular flexibility index (Phi) is 9.09. The highest BCUT2D eigenvalue weighted by Crippen LogP contribution is 2.23. The summed E-state index contributed by atoms with van der Waals surface area (Å²) in [5.74, 6) is 1.08. The Morgan fingerprint density at radius 3 is 2.40 bits per heavy atom. The Labute approximate surface area is 123 Å². The highest BCUT2D eigenvalue weighted by Gasteiger charge is 2.06. The standard InChI is InChI=1S/C9H10O.C8H19NO/c1-2-6-9-8(4-1)5-3-7-10-9;1-4-7-9(8-5-2)10-6-3/h1-2,4,6H,3,5,7H2;4-8H2,1-3H3. The number of fused-ring (bicyclic) bond motifs is 1. The van der Waals surface area contributed by atoms with Gasteiger partial charge in [-0.3, -0.25) is 4.84 Å². The van der Waals surface area contributed by atoms with E-state index >= 15 is 0 Å². The molecule has 1 aromatic rings. The van der Waals surface area contributed by atoms with Crippen LogP contribution in [-0.4, -0.2) is 31.4 Å². The third kappa shape index (κ3) is 6.40. The van der Waals surface area contributed by atoms with Crippen LogP contribution in [0, 0.1) is 0 Å². The zero-order valence-electron chi connectivity index (χ0n) is 13.2. The first-order valence-electron chi connectivity index (χ1n) is 7.90. The topological polar surface area (TPSA) is 21.7 Å². The van der Waals surface area contributed by atoms with Crippen LogP contribution in [0.1, 0.15) is 45.6 Å². The van der Waals surface area contributed by atoms with Crippen molar-refractivity contribution in [3.63, 3.8) is 0 Å². The molecule has 1 aliphatic rings. The molecule has 0 radical (unpaired) electrons. The molecule has 0 unspecified atom stereocenters. The highest BCUT2D eigenvalue weighted by atomic mass is 16.7. The summed E-state index contributed by atoms with van der Waals surface area (Å²) in [6.45, 7) is 10.2. The minimum absolute atomic E-state index is 0.792. The predicted octanol–water partition coefficient (Wildman–Crippen LogP) is 4.07. The number of nitrogens with zero attached hydrogens (tertiary/aromatic N) is 1. The van der Waals surface area contributed by atoms with E-state index in [1.54, 1.807) is 0 Å². The summed E-state index contributed by atoms with van der Waals surface area (Å²) in [6.07, 6.45) is 4.67. The maximum Gasteiger partial charge on any atom is 0.122 e. The normalized spacial score (nSPS) is 13.2. The first-order chi connectivity index (χ1) is 9.81. The number of rotatable bonds is 6. The lowest BCUT2D eigenvalue weighted by molar-refractivity contribution is -0.154. The van der Waals surface area contributed by atoms with Crippen LogP contribution in [0.5, 0.6) is 5.75 Å². The molecule has 20 heavy (non-hydrogen) atoms. The van der Waals surface area contributed by atoms with Crippen LogP contribution in [0.25, 0.3) is 0 Å². The Balaban J connectivity index is 0.000000200. The van der Waals surface area contributed by atoms with Gasteiger partial charge in [0.15, 0.2) is 0 Å². The lowest BCUT2D eigenvalue weighted by atomic mass is 10.1. The maximum atomic E-state index is 5.42. The van der Waals surface area contributed by atoms with Crippen molar-refractivity contribution in [1.82, 2.24) is 5.06 Å². The van der Waals surface area contributed by atoms with Crippen LogP contribution >= 0.6 is 0 Å². The monoisotopic (exact) mass is 279 g/mol. The summed E-state index contributed by atoms with van der Waals surface area (Å²) in [5.41, 5.74) is 1.36. The van der Waals surface area contributed by atoms with Crippen LogP contribution in [0.3, 0.4) is 0 Å². The molecule has 0 amide bonds. The summed E-state index contributed by atoms with van der Waals surface area (Å²) in [6, 6.07) is 8.25. The molecule has 0 fully saturated rings. The van der Waals surface area contributed by atoms with Crippen molar-refractivity contribution >= 4 is 0 Å². The van der Waals surface area contributed by atoms with E-state index in [2.05, 4.69) is 26.0 Å². The van der Waals surface area contributed by atoms with Crippen LogP contribution < -0.4 is 4.74 Å². The Morgan fingerprint density at radius 2 is 1.80 bits per heavy atom. The van der Waals surface area contributed by atoms with Crippen molar-refractivity contribution in [2.75, 3.05) is 26.3 Å². The number of aryl methyl sites for hydroxylation is 1. The molecule has 0 N–H and O–H groups in total. The van der Waals surface area contributed by atoms with Crippen LogP contribution in [0.15, 0.2) is 24.3 Å². The molecule has 1 heterocycles. The predicted molar refractivity (Wildman–Crippen MR) is 84.0 cm³/mol. The lowest BCUT2D eigenvalue weighted by Crippen LogP contribution is -2.25. The van der Waals surface area contributed by atoms with E-state index in [0.29, 0.717) is 0 Å². The van der Waals surface area contributed by atoms with Crippen molar-refractivity contribution in [3.05, 3.63) is 29.8 Å². The summed E-state index contributed by atoms with van der Waals surface area (Å²) in [4.78, 5) is 5.36. The molecule has 0 aromatic heterocycles. The summed E-state index contributed by atoms with van der Waals surface area (Å²) in [7, 11) is 0. The summed E-state index contributed by atoms with van der Waals surface area (Å²) in [5, 5.41) is 2.04. The molecule has 0 atom stereocenters. The molecule has 0 bridgehead atoms. The first kappa shape index (κ1) is 17.0. The van der Waals surface area contributed by atoms with E-state index in [0.717, 1.165) is 38.5 Å². The zero-order chi connectivity index (χ0) is 14.6. The molecule has 114 valence electrons. The highest BCUT2D eigenvalue weighted by molar-refractivity contribution is 5.34. The second-order valence-electron chi connectivity index (χ2n) is 4.91. The van der Waals surface area contributed by atoms with Crippen LogP contribution in [0.4, 0.5) is 0 Å². The molecule has 1 aliphatic heterocycles. The number of benzene rings is 1. The van der Waals surface area contributed by atoms with Crippen LogP contribution in [0.2, 0.25) is 0 Å². The van der Waals surface area contributed by atoms with E-state index in [1.807, 2.05) is 24.1 Å². The van der Waals surface area contributed by atoms with Crippen LogP contribution in [-0.2, 0) is 11.3 Å². The number of hydrogen-bond acceptors (Lipinski definition) is 3. The van der Waals surface area contributed by atoms with E-state index < -0.39 is 0 Å². The van der Waals surface area contributed by atoms with Gasteiger partial charge in [0, 0.05) is 13.1 Å². The third-order valence-corrected chi connectivity index (χ3v) is 3.08. The zero-order valence-corrected chi connectivity index (χ0v) is 13.2. The molecule has 1 aromatic carbocycles. The minimum atomic E-state index is 0.792. The van der Waals surface area contributed by atoms with Crippen molar-refractivity contribution in [3.8, 4) is 5.75 Å². The van der Waals surface area contributed by atoms with Gasteiger partial charge in [0.25, 0.3) is 0 Å².